The van der Waals surface area contributed by atoms with Crippen LogP contribution in [0.1, 0.15) is 59.6 Å². The predicted octanol–water partition coefficient (Wildman–Crippen LogP) is 7.08. The van der Waals surface area contributed by atoms with Gasteiger partial charge in [0.15, 0.2) is 0 Å². The molecule has 0 saturated heterocycles. The molecular weight excluding hydrogens is 396 g/mol. The van der Waals surface area contributed by atoms with Gasteiger partial charge in [-0.15, -0.1) is 0 Å². The molecule has 5 rings (SSSR count). The van der Waals surface area contributed by atoms with E-state index in [0.29, 0.717) is 6.04 Å². The van der Waals surface area contributed by atoms with Gasteiger partial charge in [0.1, 0.15) is 5.82 Å². The zero-order valence-corrected chi connectivity index (χ0v) is 17.9. The minimum atomic E-state index is -0.921. The Labute approximate surface area is 187 Å². The molecule has 0 spiro atoms. The molecule has 4 nitrogen and oxygen atoms in total. The van der Waals surface area contributed by atoms with E-state index in [2.05, 4.69) is 53.1 Å². The smallest absolute Gasteiger partial charge is 0.335 e. The third-order valence-electron chi connectivity index (χ3n) is 6.31. The first-order valence-electron chi connectivity index (χ1n) is 11.3. The highest BCUT2D eigenvalue weighted by molar-refractivity contribution is 5.93. The Morgan fingerprint density at radius 1 is 0.875 bits per heavy atom. The molecule has 1 aliphatic rings. The fourth-order valence-electron chi connectivity index (χ4n) is 4.64. The summed E-state index contributed by atoms with van der Waals surface area (Å²) in [6, 6.07) is 24.4. The summed E-state index contributed by atoms with van der Waals surface area (Å²) in [7, 11) is 0. The monoisotopic (exact) mass is 422 g/mol. The number of hydrogen-bond donors (Lipinski definition) is 1. The lowest BCUT2D eigenvalue weighted by atomic mass is 9.94. The lowest BCUT2D eigenvalue weighted by Crippen LogP contribution is -2.14. The van der Waals surface area contributed by atoms with Crippen molar-refractivity contribution in [3.05, 3.63) is 89.5 Å². The van der Waals surface area contributed by atoms with E-state index in [0.717, 1.165) is 40.8 Å². The maximum atomic E-state index is 11.5. The highest BCUT2D eigenvalue weighted by Gasteiger charge is 2.22. The molecular formula is C28H26N2O2. The molecule has 32 heavy (non-hydrogen) atoms. The van der Waals surface area contributed by atoms with Crippen LogP contribution in [0, 0.1) is 0 Å². The summed E-state index contributed by atoms with van der Waals surface area (Å²) >= 11 is 0. The first-order chi connectivity index (χ1) is 15.7. The summed E-state index contributed by atoms with van der Waals surface area (Å²) in [6.45, 7) is 0. The minimum absolute atomic E-state index is 0.277. The fraction of sp³-hybridized carbons (Fsp3) is 0.214. The average Bonchev–Trinajstić information content (AvgIpc) is 3.23. The third-order valence-corrected chi connectivity index (χ3v) is 6.31. The van der Waals surface area contributed by atoms with Crippen molar-refractivity contribution in [3.63, 3.8) is 0 Å². The second-order valence-corrected chi connectivity index (χ2v) is 8.47. The van der Waals surface area contributed by atoms with Crippen LogP contribution in [0.3, 0.4) is 0 Å². The molecule has 1 aromatic heterocycles. The van der Waals surface area contributed by atoms with Gasteiger partial charge >= 0.3 is 5.97 Å². The van der Waals surface area contributed by atoms with Crippen LogP contribution >= 0.6 is 0 Å². The predicted molar refractivity (Wildman–Crippen MR) is 130 cm³/mol. The minimum Gasteiger partial charge on any atom is -0.478 e. The van der Waals surface area contributed by atoms with E-state index in [-0.39, 0.29) is 5.56 Å². The van der Waals surface area contributed by atoms with Crippen molar-refractivity contribution in [3.8, 4) is 11.4 Å². The van der Waals surface area contributed by atoms with E-state index in [1.807, 2.05) is 24.3 Å². The molecule has 1 heterocycles. The Morgan fingerprint density at radius 2 is 1.56 bits per heavy atom. The van der Waals surface area contributed by atoms with Gasteiger partial charge in [-0.05, 0) is 42.2 Å². The molecule has 0 unspecified atom stereocenters. The largest absolute Gasteiger partial charge is 0.478 e. The van der Waals surface area contributed by atoms with Gasteiger partial charge in [0.05, 0.1) is 16.6 Å². The number of aromatic carboxylic acids is 1. The van der Waals surface area contributed by atoms with Crippen LogP contribution in [-0.4, -0.2) is 20.6 Å². The van der Waals surface area contributed by atoms with Crippen LogP contribution in [-0.2, 0) is 0 Å². The van der Waals surface area contributed by atoms with E-state index in [9.17, 15) is 9.90 Å². The molecule has 160 valence electrons. The Morgan fingerprint density at radius 3 is 2.25 bits per heavy atom. The van der Waals surface area contributed by atoms with Crippen LogP contribution in [0.5, 0.6) is 0 Å². The van der Waals surface area contributed by atoms with Crippen LogP contribution in [0.15, 0.2) is 72.8 Å². The van der Waals surface area contributed by atoms with Crippen LogP contribution < -0.4 is 0 Å². The molecule has 1 aliphatic carbocycles. The van der Waals surface area contributed by atoms with Gasteiger partial charge in [-0.25, -0.2) is 9.78 Å². The number of nitrogens with zero attached hydrogens (tertiary/aromatic N) is 2. The summed E-state index contributed by atoms with van der Waals surface area (Å²) in [4.78, 5) is 16.4. The number of fused-ring (bicyclic) bond motifs is 1. The number of benzene rings is 3. The quantitative estimate of drug-likeness (QED) is 0.350. The zero-order chi connectivity index (χ0) is 21.9. The van der Waals surface area contributed by atoms with E-state index >= 15 is 0 Å². The number of imidazole rings is 1. The molecule has 0 atom stereocenters. The molecule has 0 aliphatic heterocycles. The zero-order valence-electron chi connectivity index (χ0n) is 17.9. The topological polar surface area (TPSA) is 55.1 Å². The Balaban J connectivity index is 1.53. The molecule has 0 radical (unpaired) electrons. The fourth-order valence-corrected chi connectivity index (χ4v) is 4.64. The first kappa shape index (κ1) is 20.3. The van der Waals surface area contributed by atoms with Crippen molar-refractivity contribution >= 4 is 29.2 Å². The van der Waals surface area contributed by atoms with Gasteiger partial charge in [0.2, 0.25) is 0 Å². The average molecular weight is 423 g/mol. The van der Waals surface area contributed by atoms with Crippen LogP contribution in [0.4, 0.5) is 0 Å². The Hall–Kier alpha value is -3.66. The Kier molecular flexibility index (Phi) is 5.59. The summed E-state index contributed by atoms with van der Waals surface area (Å²) in [5.41, 5.74) is 5.40. The second kappa shape index (κ2) is 8.83. The molecule has 1 fully saturated rings. The van der Waals surface area contributed by atoms with E-state index < -0.39 is 5.97 Å². The van der Waals surface area contributed by atoms with Crippen LogP contribution in [0.2, 0.25) is 0 Å². The first-order valence-corrected chi connectivity index (χ1v) is 11.3. The maximum absolute atomic E-state index is 11.5. The van der Waals surface area contributed by atoms with Gasteiger partial charge < -0.3 is 9.67 Å². The second-order valence-electron chi connectivity index (χ2n) is 8.47. The molecule has 0 bridgehead atoms. The van der Waals surface area contributed by atoms with Crippen molar-refractivity contribution < 1.29 is 9.90 Å². The van der Waals surface area contributed by atoms with E-state index in [1.165, 1.54) is 24.8 Å². The number of rotatable bonds is 5. The number of aromatic nitrogens is 2. The molecule has 4 aromatic rings. The number of hydrogen-bond acceptors (Lipinski definition) is 2. The van der Waals surface area contributed by atoms with Crippen molar-refractivity contribution in [2.75, 3.05) is 0 Å². The highest BCUT2D eigenvalue weighted by Crippen LogP contribution is 2.36. The van der Waals surface area contributed by atoms with Crippen molar-refractivity contribution in [1.29, 1.82) is 0 Å². The van der Waals surface area contributed by atoms with Crippen LogP contribution in [0.25, 0.3) is 34.6 Å². The van der Waals surface area contributed by atoms with Gasteiger partial charge in [-0.3, -0.25) is 0 Å². The number of carbonyl (C=O) groups is 1. The normalized spacial score (nSPS) is 14.9. The molecule has 4 heteroatoms. The summed E-state index contributed by atoms with van der Waals surface area (Å²) in [6.07, 6.45) is 10.2. The number of carboxylic acid groups (broad SMARTS) is 1. The highest BCUT2D eigenvalue weighted by atomic mass is 16.4. The molecule has 1 N–H and O–H groups in total. The standard InChI is InChI=1S/C28H26N2O2/c31-28(32)23-17-18-26-25(19-23)29-27(30(26)24-9-5-2-6-10-24)22-15-13-21(14-16-22)12-11-20-7-3-1-4-8-20/h1,3-4,7-8,11-19,24H,2,5-6,9-10H2,(H,31,32). The SMILES string of the molecule is O=C(O)c1ccc2c(c1)nc(-c1ccc(C=Cc3ccccc3)cc1)n2C1CCCCC1. The number of carboxylic acids is 1. The lowest BCUT2D eigenvalue weighted by Gasteiger charge is -2.25. The van der Waals surface area contributed by atoms with Crippen molar-refractivity contribution in [2.45, 2.75) is 38.1 Å². The summed E-state index contributed by atoms with van der Waals surface area (Å²) in [5, 5.41) is 9.41. The lowest BCUT2D eigenvalue weighted by molar-refractivity contribution is 0.0697. The molecule has 1 saturated carbocycles. The van der Waals surface area contributed by atoms with Gasteiger partial charge in [-0.2, -0.15) is 0 Å². The van der Waals surface area contributed by atoms with E-state index in [4.69, 9.17) is 4.98 Å². The molecule has 0 amide bonds. The van der Waals surface area contributed by atoms with Crippen molar-refractivity contribution in [1.82, 2.24) is 9.55 Å². The van der Waals surface area contributed by atoms with E-state index in [1.54, 1.807) is 12.1 Å². The third kappa shape index (κ3) is 4.09. The summed E-state index contributed by atoms with van der Waals surface area (Å²) < 4.78 is 2.34. The van der Waals surface area contributed by atoms with Crippen molar-refractivity contribution in [2.24, 2.45) is 0 Å². The Bertz CT molecular complexity index is 1260. The summed E-state index contributed by atoms with van der Waals surface area (Å²) in [5.74, 6) is 0.00301. The maximum Gasteiger partial charge on any atom is 0.335 e. The van der Waals surface area contributed by atoms with Gasteiger partial charge in [0.25, 0.3) is 0 Å². The van der Waals surface area contributed by atoms with Gasteiger partial charge in [0, 0.05) is 11.6 Å². The molecule has 3 aromatic carbocycles. The van der Waals surface area contributed by atoms with Gasteiger partial charge in [-0.1, -0.05) is 86.0 Å².